The first-order chi connectivity index (χ1) is 7.13. The van der Waals surface area contributed by atoms with E-state index >= 15 is 0 Å². The van der Waals surface area contributed by atoms with Gasteiger partial charge in [-0.15, -0.1) is 0 Å². The zero-order chi connectivity index (χ0) is 12.9. The van der Waals surface area contributed by atoms with Gasteiger partial charge >= 0.3 is 12.0 Å². The molecular weight excluding hydrogens is 212 g/mol. The minimum Gasteiger partial charge on any atom is -0.480 e. The van der Waals surface area contributed by atoms with E-state index in [1.807, 2.05) is 20.8 Å². The molecule has 2 atom stereocenters. The van der Waals surface area contributed by atoms with Crippen LogP contribution in [0.2, 0.25) is 0 Å². The number of carbonyl (C=O) groups excluding carboxylic acids is 1. The number of rotatable bonds is 4. The van der Waals surface area contributed by atoms with Crippen LogP contribution in [0.15, 0.2) is 0 Å². The lowest BCUT2D eigenvalue weighted by Crippen LogP contribution is -2.52. The van der Waals surface area contributed by atoms with Gasteiger partial charge in [-0.1, -0.05) is 20.8 Å². The van der Waals surface area contributed by atoms with E-state index in [2.05, 4.69) is 10.6 Å². The molecule has 0 rings (SSSR count). The monoisotopic (exact) mass is 232 g/mol. The molecule has 0 radical (unpaired) electrons. The first-order valence-corrected chi connectivity index (χ1v) is 5.09. The summed E-state index contributed by atoms with van der Waals surface area (Å²) in [6, 6.07) is -1.89. The summed E-state index contributed by atoms with van der Waals surface area (Å²) < 4.78 is 0. The number of aliphatic carboxylic acids is 1. The summed E-state index contributed by atoms with van der Waals surface area (Å²) in [5.74, 6) is -1.26. The van der Waals surface area contributed by atoms with Crippen molar-refractivity contribution in [2.45, 2.75) is 39.8 Å². The molecule has 0 spiro atoms. The Hall–Kier alpha value is -1.30. The zero-order valence-electron chi connectivity index (χ0n) is 10.1. The average Bonchev–Trinajstić information content (AvgIpc) is 2.08. The highest BCUT2D eigenvalue weighted by Gasteiger charge is 2.25. The van der Waals surface area contributed by atoms with E-state index in [1.54, 1.807) is 0 Å². The van der Waals surface area contributed by atoms with Gasteiger partial charge in [0.25, 0.3) is 0 Å². The minimum atomic E-state index is -1.29. The Balaban J connectivity index is 4.17. The van der Waals surface area contributed by atoms with Crippen molar-refractivity contribution < 1.29 is 19.8 Å². The fraction of sp³-hybridized carbons (Fsp3) is 0.800. The Kier molecular flexibility index (Phi) is 5.23. The molecule has 0 heterocycles. The molecule has 0 aromatic carbocycles. The average molecular weight is 232 g/mol. The second kappa shape index (κ2) is 5.69. The summed E-state index contributed by atoms with van der Waals surface area (Å²) in [4.78, 5) is 22.0. The predicted molar refractivity (Wildman–Crippen MR) is 59.1 cm³/mol. The van der Waals surface area contributed by atoms with Crippen molar-refractivity contribution in [1.29, 1.82) is 0 Å². The van der Waals surface area contributed by atoms with E-state index in [0.717, 1.165) is 0 Å². The van der Waals surface area contributed by atoms with Crippen molar-refractivity contribution in [1.82, 2.24) is 10.6 Å². The molecule has 0 unspecified atom stereocenters. The van der Waals surface area contributed by atoms with E-state index in [9.17, 15) is 9.59 Å². The lowest BCUT2D eigenvalue weighted by atomic mass is 9.97. The summed E-state index contributed by atoms with van der Waals surface area (Å²) in [5.41, 5.74) is -0.0824. The van der Waals surface area contributed by atoms with Crippen molar-refractivity contribution in [3.8, 4) is 0 Å². The Morgan fingerprint density at radius 3 is 2.12 bits per heavy atom. The fourth-order valence-electron chi connectivity index (χ4n) is 0.926. The van der Waals surface area contributed by atoms with Crippen LogP contribution in [0.1, 0.15) is 27.7 Å². The van der Waals surface area contributed by atoms with Gasteiger partial charge < -0.3 is 20.8 Å². The minimum absolute atomic E-state index is 0.0824. The number of carboxylic acids is 1. The summed E-state index contributed by atoms with van der Waals surface area (Å²) in [6.45, 7) is 7.55. The third kappa shape index (κ3) is 6.23. The molecule has 0 bridgehead atoms. The fourth-order valence-corrected chi connectivity index (χ4v) is 0.926. The number of amides is 2. The lowest BCUT2D eigenvalue weighted by Gasteiger charge is -2.21. The topological polar surface area (TPSA) is 98.7 Å². The smallest absolute Gasteiger partial charge is 0.328 e. The third-order valence-corrected chi connectivity index (χ3v) is 1.81. The predicted octanol–water partition coefficient (Wildman–Crippen LogP) is 0.166. The first-order valence-electron chi connectivity index (χ1n) is 5.09. The van der Waals surface area contributed by atoms with Crippen LogP contribution in [0, 0.1) is 5.41 Å². The van der Waals surface area contributed by atoms with Gasteiger partial charge in [-0.05, 0) is 12.3 Å². The number of nitrogens with one attached hydrogen (secondary N) is 2. The van der Waals surface area contributed by atoms with Crippen LogP contribution >= 0.6 is 0 Å². The van der Waals surface area contributed by atoms with Crippen molar-refractivity contribution in [2.75, 3.05) is 6.54 Å². The van der Waals surface area contributed by atoms with Crippen molar-refractivity contribution in [2.24, 2.45) is 5.41 Å². The van der Waals surface area contributed by atoms with Crippen LogP contribution in [0.5, 0.6) is 0 Å². The van der Waals surface area contributed by atoms with E-state index in [-0.39, 0.29) is 5.41 Å². The second-order valence-electron chi connectivity index (χ2n) is 4.94. The number of carboxylic acid groups (broad SMARTS) is 1. The normalized spacial score (nSPS) is 15.1. The van der Waals surface area contributed by atoms with Gasteiger partial charge in [-0.3, -0.25) is 0 Å². The molecular formula is C10H20N2O4. The van der Waals surface area contributed by atoms with E-state index in [1.165, 1.54) is 6.92 Å². The van der Waals surface area contributed by atoms with Crippen LogP contribution in [0.4, 0.5) is 4.79 Å². The first kappa shape index (κ1) is 14.7. The van der Waals surface area contributed by atoms with E-state index in [0.29, 0.717) is 6.54 Å². The van der Waals surface area contributed by atoms with Gasteiger partial charge in [-0.25, -0.2) is 9.59 Å². The summed E-state index contributed by atoms with van der Waals surface area (Å²) in [5, 5.41) is 22.6. The Morgan fingerprint density at radius 1 is 1.31 bits per heavy atom. The maximum absolute atomic E-state index is 11.3. The van der Waals surface area contributed by atoms with Gasteiger partial charge in [0.1, 0.15) is 0 Å². The summed E-state index contributed by atoms with van der Waals surface area (Å²) in [6.07, 6.45) is -1.14. The van der Waals surface area contributed by atoms with Gasteiger partial charge in [0.05, 0.1) is 6.10 Å². The molecule has 0 aromatic rings. The molecule has 0 aromatic heterocycles. The largest absolute Gasteiger partial charge is 0.480 e. The molecule has 2 amide bonds. The third-order valence-electron chi connectivity index (χ3n) is 1.81. The van der Waals surface area contributed by atoms with Crippen LogP contribution in [0.25, 0.3) is 0 Å². The molecule has 6 nitrogen and oxygen atoms in total. The van der Waals surface area contributed by atoms with Crippen LogP contribution in [0.3, 0.4) is 0 Å². The molecule has 16 heavy (non-hydrogen) atoms. The van der Waals surface area contributed by atoms with Gasteiger partial charge in [0.15, 0.2) is 6.04 Å². The summed E-state index contributed by atoms with van der Waals surface area (Å²) in [7, 11) is 0. The second-order valence-corrected chi connectivity index (χ2v) is 4.94. The van der Waals surface area contributed by atoms with Crippen molar-refractivity contribution >= 4 is 12.0 Å². The maximum Gasteiger partial charge on any atom is 0.328 e. The van der Waals surface area contributed by atoms with E-state index in [4.69, 9.17) is 10.2 Å². The lowest BCUT2D eigenvalue weighted by molar-refractivity contribution is -0.141. The number of urea groups is 1. The zero-order valence-corrected chi connectivity index (χ0v) is 10.1. The standard InChI is InChI=1S/C10H20N2O4/c1-6(13)7(8(14)15)12-9(16)11-5-10(2,3)4/h6-7,13H,5H2,1-4H3,(H,14,15)(H2,11,12,16)/t6-,7+/m1/s1. The molecule has 0 saturated heterocycles. The van der Waals surface area contributed by atoms with Crippen LogP contribution < -0.4 is 10.6 Å². The van der Waals surface area contributed by atoms with Crippen LogP contribution in [-0.2, 0) is 4.79 Å². The molecule has 0 aliphatic heterocycles. The number of hydrogen-bond donors (Lipinski definition) is 4. The number of aliphatic hydroxyl groups is 1. The molecule has 94 valence electrons. The number of hydrogen-bond acceptors (Lipinski definition) is 3. The van der Waals surface area contributed by atoms with Crippen LogP contribution in [-0.4, -0.2) is 40.9 Å². The molecule has 0 saturated carbocycles. The molecule has 4 N–H and O–H groups in total. The molecule has 0 aliphatic carbocycles. The van der Waals surface area contributed by atoms with Crippen molar-refractivity contribution in [3.63, 3.8) is 0 Å². The quantitative estimate of drug-likeness (QED) is 0.555. The highest BCUT2D eigenvalue weighted by Crippen LogP contribution is 2.09. The highest BCUT2D eigenvalue weighted by molar-refractivity contribution is 5.82. The van der Waals surface area contributed by atoms with Gasteiger partial charge in [0.2, 0.25) is 0 Å². The maximum atomic E-state index is 11.3. The molecule has 0 aliphatic rings. The van der Waals surface area contributed by atoms with E-state index < -0.39 is 24.1 Å². The Bertz CT molecular complexity index is 258. The van der Waals surface area contributed by atoms with Gasteiger partial charge in [-0.2, -0.15) is 0 Å². The molecule has 0 fully saturated rings. The summed E-state index contributed by atoms with van der Waals surface area (Å²) >= 11 is 0. The van der Waals surface area contributed by atoms with Crippen molar-refractivity contribution in [3.05, 3.63) is 0 Å². The number of carbonyl (C=O) groups is 2. The Labute approximate surface area is 95.0 Å². The SMILES string of the molecule is C[C@@H](O)[C@H](NC(=O)NCC(C)(C)C)C(=O)O. The Morgan fingerprint density at radius 2 is 1.81 bits per heavy atom. The van der Waals surface area contributed by atoms with Gasteiger partial charge in [0, 0.05) is 6.54 Å². The molecule has 6 heteroatoms. The number of aliphatic hydroxyl groups excluding tert-OH is 1. The highest BCUT2D eigenvalue weighted by atomic mass is 16.4.